The maximum Gasteiger partial charge on any atom is 0.260 e. The molecule has 4 aromatic rings. The van der Waals surface area contributed by atoms with Gasteiger partial charge in [0.05, 0.1) is 11.0 Å². The van der Waals surface area contributed by atoms with E-state index < -0.39 is 0 Å². The molecule has 6 heteroatoms. The van der Waals surface area contributed by atoms with Gasteiger partial charge in [0.15, 0.2) is 6.61 Å². The van der Waals surface area contributed by atoms with E-state index in [1.54, 1.807) is 0 Å². The van der Waals surface area contributed by atoms with Gasteiger partial charge in [-0.1, -0.05) is 42.5 Å². The molecule has 0 aliphatic carbocycles. The Morgan fingerprint density at radius 1 is 0.933 bits per heavy atom. The van der Waals surface area contributed by atoms with Crippen LogP contribution in [0.3, 0.4) is 0 Å². The number of benzene rings is 3. The summed E-state index contributed by atoms with van der Waals surface area (Å²) in [6.07, 6.45) is 0.902. The van der Waals surface area contributed by atoms with E-state index in [2.05, 4.69) is 16.0 Å². The molecule has 1 fully saturated rings. The molecular formula is C24H24N4O2. The normalized spacial score (nSPS) is 14.8. The van der Waals surface area contributed by atoms with Crippen molar-refractivity contribution >= 4 is 33.7 Å². The zero-order valence-corrected chi connectivity index (χ0v) is 16.8. The molecule has 152 valence electrons. The number of nitrogens with one attached hydrogen (secondary N) is 1. The third-order valence-electron chi connectivity index (χ3n) is 5.61. The molecule has 2 heterocycles. The molecule has 1 amide bonds. The highest BCUT2D eigenvalue weighted by atomic mass is 16.5. The molecule has 1 aromatic heterocycles. The van der Waals surface area contributed by atoms with E-state index in [0.29, 0.717) is 6.54 Å². The number of nitrogens with zero attached hydrogens (tertiary/aromatic N) is 3. The van der Waals surface area contributed by atoms with Crippen LogP contribution in [-0.4, -0.2) is 53.6 Å². The number of anilines is 1. The fourth-order valence-corrected chi connectivity index (χ4v) is 3.96. The summed E-state index contributed by atoms with van der Waals surface area (Å²) in [6.45, 7) is 3.08. The molecule has 0 unspecified atom stereocenters. The summed E-state index contributed by atoms with van der Waals surface area (Å²) in [7, 11) is 0. The van der Waals surface area contributed by atoms with Crippen molar-refractivity contribution in [3.63, 3.8) is 0 Å². The maximum absolute atomic E-state index is 12.7. The van der Waals surface area contributed by atoms with Gasteiger partial charge >= 0.3 is 0 Å². The van der Waals surface area contributed by atoms with E-state index in [4.69, 9.17) is 9.72 Å². The van der Waals surface area contributed by atoms with Crippen LogP contribution in [-0.2, 0) is 4.79 Å². The first-order chi connectivity index (χ1) is 14.8. The van der Waals surface area contributed by atoms with Gasteiger partial charge in [-0.2, -0.15) is 0 Å². The summed E-state index contributed by atoms with van der Waals surface area (Å²) < 4.78 is 5.80. The van der Waals surface area contributed by atoms with Crippen LogP contribution in [0.1, 0.15) is 6.42 Å². The van der Waals surface area contributed by atoms with Crippen LogP contribution >= 0.6 is 0 Å². The Morgan fingerprint density at radius 3 is 2.67 bits per heavy atom. The van der Waals surface area contributed by atoms with Crippen molar-refractivity contribution in [2.75, 3.05) is 37.7 Å². The minimum Gasteiger partial charge on any atom is -0.484 e. The Kier molecular flexibility index (Phi) is 4.97. The van der Waals surface area contributed by atoms with Gasteiger partial charge in [0.2, 0.25) is 5.95 Å². The van der Waals surface area contributed by atoms with Gasteiger partial charge in [0.25, 0.3) is 5.91 Å². The highest BCUT2D eigenvalue weighted by Crippen LogP contribution is 2.21. The van der Waals surface area contributed by atoms with Crippen LogP contribution in [0.2, 0.25) is 0 Å². The molecule has 0 bridgehead atoms. The number of amides is 1. The molecule has 0 saturated carbocycles. The first kappa shape index (κ1) is 18.5. The van der Waals surface area contributed by atoms with Crippen molar-refractivity contribution in [1.82, 2.24) is 14.9 Å². The first-order valence-electron chi connectivity index (χ1n) is 10.4. The van der Waals surface area contributed by atoms with Crippen LogP contribution in [0.5, 0.6) is 5.75 Å². The summed E-state index contributed by atoms with van der Waals surface area (Å²) in [5, 5.41) is 2.27. The average Bonchev–Trinajstić information content (AvgIpc) is 3.06. The van der Waals surface area contributed by atoms with Gasteiger partial charge in [-0.25, -0.2) is 4.98 Å². The minimum absolute atomic E-state index is 0.0228. The Balaban J connectivity index is 1.20. The van der Waals surface area contributed by atoms with Crippen molar-refractivity contribution in [3.8, 4) is 5.75 Å². The number of hydrogen-bond donors (Lipinski definition) is 1. The number of para-hydroxylation sites is 2. The number of aromatic nitrogens is 2. The lowest BCUT2D eigenvalue weighted by molar-refractivity contribution is -0.133. The molecule has 3 aromatic carbocycles. The van der Waals surface area contributed by atoms with Gasteiger partial charge < -0.3 is 19.5 Å². The Labute approximate surface area is 175 Å². The standard InChI is InChI=1S/C24H24N4O2/c29-23(17-30-20-11-10-18-6-1-2-7-19(18)16-20)27-12-5-13-28(15-14-27)24-25-21-8-3-4-9-22(21)26-24/h1-4,6-11,16H,5,12-15,17H2,(H,25,26). The summed E-state index contributed by atoms with van der Waals surface area (Å²) in [5.74, 6) is 1.62. The zero-order valence-electron chi connectivity index (χ0n) is 16.8. The van der Waals surface area contributed by atoms with E-state index in [1.807, 2.05) is 65.6 Å². The molecule has 0 radical (unpaired) electrons. The monoisotopic (exact) mass is 400 g/mol. The van der Waals surface area contributed by atoms with Gasteiger partial charge in [0, 0.05) is 26.2 Å². The van der Waals surface area contributed by atoms with Crippen molar-refractivity contribution in [3.05, 3.63) is 66.7 Å². The van der Waals surface area contributed by atoms with E-state index in [-0.39, 0.29) is 12.5 Å². The van der Waals surface area contributed by atoms with E-state index in [9.17, 15) is 4.79 Å². The number of imidazole rings is 1. The van der Waals surface area contributed by atoms with Crippen LogP contribution in [0.15, 0.2) is 66.7 Å². The number of aromatic amines is 1. The average molecular weight is 400 g/mol. The lowest BCUT2D eigenvalue weighted by atomic mass is 10.1. The smallest absolute Gasteiger partial charge is 0.260 e. The first-order valence-corrected chi connectivity index (χ1v) is 10.4. The molecule has 1 aliphatic heterocycles. The SMILES string of the molecule is O=C(COc1ccc2ccccc2c1)N1CCCN(c2nc3ccccc3[nH]2)CC1. The lowest BCUT2D eigenvalue weighted by Gasteiger charge is -2.22. The Morgan fingerprint density at radius 2 is 1.77 bits per heavy atom. The van der Waals surface area contributed by atoms with Gasteiger partial charge in [0.1, 0.15) is 5.75 Å². The highest BCUT2D eigenvalue weighted by molar-refractivity contribution is 5.84. The largest absolute Gasteiger partial charge is 0.484 e. The predicted octanol–water partition coefficient (Wildman–Crippen LogP) is 3.83. The van der Waals surface area contributed by atoms with Crippen LogP contribution in [0.25, 0.3) is 21.8 Å². The third kappa shape index (κ3) is 3.81. The molecule has 30 heavy (non-hydrogen) atoms. The number of carbonyl (C=O) groups excluding carboxylic acids is 1. The topological polar surface area (TPSA) is 61.5 Å². The number of H-pyrrole nitrogens is 1. The second kappa shape index (κ2) is 8.06. The van der Waals surface area contributed by atoms with Crippen LogP contribution in [0.4, 0.5) is 5.95 Å². The number of ether oxygens (including phenoxy) is 1. The van der Waals surface area contributed by atoms with Gasteiger partial charge in [-0.15, -0.1) is 0 Å². The summed E-state index contributed by atoms with van der Waals surface area (Å²) in [6, 6.07) is 22.1. The minimum atomic E-state index is 0.0228. The Bertz CT molecular complexity index is 1150. The molecule has 0 atom stereocenters. The zero-order chi connectivity index (χ0) is 20.3. The van der Waals surface area contributed by atoms with E-state index >= 15 is 0 Å². The fraction of sp³-hybridized carbons (Fsp3) is 0.250. The van der Waals surface area contributed by atoms with Crippen molar-refractivity contribution in [1.29, 1.82) is 0 Å². The van der Waals surface area contributed by atoms with Gasteiger partial charge in [-0.3, -0.25) is 4.79 Å². The van der Waals surface area contributed by atoms with Crippen LogP contribution < -0.4 is 9.64 Å². The Hall–Kier alpha value is -3.54. The summed E-state index contributed by atoms with van der Waals surface area (Å²) >= 11 is 0. The maximum atomic E-state index is 12.7. The third-order valence-corrected chi connectivity index (χ3v) is 5.61. The summed E-state index contributed by atoms with van der Waals surface area (Å²) in [4.78, 5) is 24.9. The van der Waals surface area contributed by atoms with Gasteiger partial charge in [-0.05, 0) is 41.5 Å². The van der Waals surface area contributed by atoms with E-state index in [1.165, 1.54) is 0 Å². The predicted molar refractivity (Wildman–Crippen MR) is 119 cm³/mol. The molecular weight excluding hydrogens is 376 g/mol. The molecule has 6 nitrogen and oxygen atoms in total. The van der Waals surface area contributed by atoms with Crippen molar-refractivity contribution < 1.29 is 9.53 Å². The second-order valence-corrected chi connectivity index (χ2v) is 7.60. The summed E-state index contributed by atoms with van der Waals surface area (Å²) in [5.41, 5.74) is 2.00. The number of hydrogen-bond acceptors (Lipinski definition) is 4. The number of fused-ring (bicyclic) bond motifs is 2. The number of rotatable bonds is 4. The lowest BCUT2D eigenvalue weighted by Crippen LogP contribution is -2.38. The molecule has 1 saturated heterocycles. The molecule has 1 N–H and O–H groups in total. The van der Waals surface area contributed by atoms with Crippen molar-refractivity contribution in [2.45, 2.75) is 6.42 Å². The van der Waals surface area contributed by atoms with Crippen LogP contribution in [0, 0.1) is 0 Å². The highest BCUT2D eigenvalue weighted by Gasteiger charge is 2.21. The van der Waals surface area contributed by atoms with E-state index in [0.717, 1.165) is 59.6 Å². The molecule has 0 spiro atoms. The quantitative estimate of drug-likeness (QED) is 0.566. The second-order valence-electron chi connectivity index (χ2n) is 7.60. The number of carbonyl (C=O) groups is 1. The molecule has 5 rings (SSSR count). The molecule has 1 aliphatic rings. The van der Waals surface area contributed by atoms with Crippen molar-refractivity contribution in [2.24, 2.45) is 0 Å². The fourth-order valence-electron chi connectivity index (χ4n) is 3.96.